The van der Waals surface area contributed by atoms with Crippen molar-refractivity contribution in [1.29, 1.82) is 0 Å². The zero-order valence-corrected chi connectivity index (χ0v) is 19.1. The van der Waals surface area contributed by atoms with Crippen LogP contribution in [0.3, 0.4) is 0 Å². The van der Waals surface area contributed by atoms with E-state index >= 15 is 0 Å². The average Bonchev–Trinajstić information content (AvgIpc) is 3.12. The third-order valence-corrected chi connectivity index (χ3v) is 7.56. The second-order valence-electron chi connectivity index (χ2n) is 7.68. The van der Waals surface area contributed by atoms with Crippen molar-refractivity contribution in [1.82, 2.24) is 4.31 Å². The molecular weight excluding hydrogens is 416 g/mol. The zero-order chi connectivity index (χ0) is 22.8. The maximum atomic E-state index is 12.6. The standard InChI is InChI=1S/C23H28N2O5S/c1-5-24(6-2)31(28,29)20-10-8-19(9-11-20)25-15-18(14-22(25)26)23(27)30-21-12-7-16(3)13-17(21)4/h7-13,18H,5-6,14-15H2,1-4H3. The fourth-order valence-corrected chi connectivity index (χ4v) is 5.19. The van der Waals surface area contributed by atoms with Gasteiger partial charge in [-0.3, -0.25) is 9.59 Å². The molecule has 166 valence electrons. The van der Waals surface area contributed by atoms with E-state index in [0.717, 1.165) is 11.1 Å². The van der Waals surface area contributed by atoms with E-state index in [0.29, 0.717) is 24.5 Å². The molecule has 2 aromatic carbocycles. The second-order valence-corrected chi connectivity index (χ2v) is 9.62. The maximum Gasteiger partial charge on any atom is 0.316 e. The van der Waals surface area contributed by atoms with E-state index in [9.17, 15) is 18.0 Å². The molecule has 0 saturated carbocycles. The molecule has 0 spiro atoms. The van der Waals surface area contributed by atoms with Crippen LogP contribution >= 0.6 is 0 Å². The highest BCUT2D eigenvalue weighted by atomic mass is 32.2. The number of carbonyl (C=O) groups excluding carboxylic acids is 2. The fraction of sp³-hybridized carbons (Fsp3) is 0.391. The Labute approximate surface area is 183 Å². The van der Waals surface area contributed by atoms with Crippen molar-refractivity contribution < 1.29 is 22.7 Å². The van der Waals surface area contributed by atoms with E-state index in [1.54, 1.807) is 32.0 Å². The molecule has 3 rings (SSSR count). The molecule has 1 fully saturated rings. The first-order valence-corrected chi connectivity index (χ1v) is 11.8. The van der Waals surface area contributed by atoms with Crippen LogP contribution in [-0.2, 0) is 19.6 Å². The fourth-order valence-electron chi connectivity index (χ4n) is 3.73. The molecule has 1 atom stereocenters. The van der Waals surface area contributed by atoms with Crippen LogP contribution in [0, 0.1) is 19.8 Å². The first-order chi connectivity index (χ1) is 14.7. The van der Waals surface area contributed by atoms with Crippen molar-refractivity contribution in [3.63, 3.8) is 0 Å². The minimum Gasteiger partial charge on any atom is -0.426 e. The first-order valence-electron chi connectivity index (χ1n) is 10.4. The largest absolute Gasteiger partial charge is 0.426 e. The number of rotatable bonds is 7. The Hall–Kier alpha value is -2.71. The summed E-state index contributed by atoms with van der Waals surface area (Å²) >= 11 is 0. The highest BCUT2D eigenvalue weighted by molar-refractivity contribution is 7.89. The summed E-state index contributed by atoms with van der Waals surface area (Å²) in [6.45, 7) is 8.38. The predicted octanol–water partition coefficient (Wildman–Crippen LogP) is 3.29. The highest BCUT2D eigenvalue weighted by Crippen LogP contribution is 2.29. The van der Waals surface area contributed by atoms with Crippen LogP contribution in [0.4, 0.5) is 5.69 Å². The number of nitrogens with zero attached hydrogens (tertiary/aromatic N) is 2. The van der Waals surface area contributed by atoms with Crippen LogP contribution in [0.2, 0.25) is 0 Å². The minimum atomic E-state index is -3.57. The molecule has 0 bridgehead atoms. The molecule has 31 heavy (non-hydrogen) atoms. The molecule has 0 radical (unpaired) electrons. The van der Waals surface area contributed by atoms with E-state index in [2.05, 4.69) is 0 Å². The molecule has 0 aromatic heterocycles. The van der Waals surface area contributed by atoms with Crippen molar-refractivity contribution in [2.45, 2.75) is 39.0 Å². The van der Waals surface area contributed by atoms with Crippen LogP contribution in [0.1, 0.15) is 31.4 Å². The van der Waals surface area contributed by atoms with Gasteiger partial charge in [0.1, 0.15) is 5.75 Å². The Kier molecular flexibility index (Phi) is 6.81. The van der Waals surface area contributed by atoms with E-state index in [1.165, 1.54) is 21.3 Å². The zero-order valence-electron chi connectivity index (χ0n) is 18.3. The number of ether oxygens (including phenoxy) is 1. The van der Waals surface area contributed by atoms with Gasteiger partial charge in [-0.15, -0.1) is 0 Å². The molecule has 2 aromatic rings. The Morgan fingerprint density at radius 3 is 2.32 bits per heavy atom. The van der Waals surface area contributed by atoms with Crippen LogP contribution < -0.4 is 9.64 Å². The molecular formula is C23H28N2O5S. The van der Waals surface area contributed by atoms with Gasteiger partial charge >= 0.3 is 5.97 Å². The molecule has 1 heterocycles. The molecule has 8 heteroatoms. The Balaban J connectivity index is 1.72. The number of hydrogen-bond acceptors (Lipinski definition) is 5. The van der Waals surface area contributed by atoms with Gasteiger partial charge in [0, 0.05) is 31.7 Å². The Morgan fingerprint density at radius 1 is 1.10 bits per heavy atom. The quantitative estimate of drug-likeness (QED) is 0.483. The summed E-state index contributed by atoms with van der Waals surface area (Å²) in [5, 5.41) is 0. The van der Waals surface area contributed by atoms with Gasteiger partial charge in [0.2, 0.25) is 15.9 Å². The van der Waals surface area contributed by atoms with Crippen LogP contribution in [-0.4, -0.2) is 44.2 Å². The lowest BCUT2D eigenvalue weighted by Crippen LogP contribution is -2.30. The summed E-state index contributed by atoms with van der Waals surface area (Å²) in [4.78, 5) is 26.8. The Bertz CT molecular complexity index is 1080. The minimum absolute atomic E-state index is 0.0588. The number of anilines is 1. The van der Waals surface area contributed by atoms with Gasteiger partial charge in [-0.05, 0) is 49.7 Å². The van der Waals surface area contributed by atoms with Crippen LogP contribution in [0.5, 0.6) is 5.75 Å². The monoisotopic (exact) mass is 444 g/mol. The van der Waals surface area contributed by atoms with Gasteiger partial charge < -0.3 is 9.64 Å². The summed E-state index contributed by atoms with van der Waals surface area (Å²) in [6, 6.07) is 11.8. The average molecular weight is 445 g/mol. The van der Waals surface area contributed by atoms with E-state index in [4.69, 9.17) is 4.74 Å². The van der Waals surface area contributed by atoms with Gasteiger partial charge in [-0.25, -0.2) is 8.42 Å². The number of benzene rings is 2. The summed E-state index contributed by atoms with van der Waals surface area (Å²) in [6.07, 6.45) is 0.0588. The topological polar surface area (TPSA) is 84.0 Å². The summed E-state index contributed by atoms with van der Waals surface area (Å²) < 4.78 is 32.2. The van der Waals surface area contributed by atoms with E-state index < -0.39 is 21.9 Å². The summed E-state index contributed by atoms with van der Waals surface area (Å²) in [5.74, 6) is -0.717. The third-order valence-electron chi connectivity index (χ3n) is 5.49. The molecule has 0 aliphatic carbocycles. The molecule has 1 amide bonds. The Morgan fingerprint density at radius 2 is 1.74 bits per heavy atom. The number of amides is 1. The molecule has 7 nitrogen and oxygen atoms in total. The summed E-state index contributed by atoms with van der Waals surface area (Å²) in [5.41, 5.74) is 2.50. The normalized spacial score (nSPS) is 16.7. The lowest BCUT2D eigenvalue weighted by atomic mass is 10.1. The third kappa shape index (κ3) is 4.80. The molecule has 1 unspecified atom stereocenters. The van der Waals surface area contributed by atoms with Crippen molar-refractivity contribution >= 4 is 27.6 Å². The smallest absolute Gasteiger partial charge is 0.316 e. The first kappa shape index (κ1) is 23.0. The maximum absolute atomic E-state index is 12.6. The number of hydrogen-bond donors (Lipinski definition) is 0. The molecule has 1 saturated heterocycles. The van der Waals surface area contributed by atoms with Crippen LogP contribution in [0.25, 0.3) is 0 Å². The van der Waals surface area contributed by atoms with Crippen molar-refractivity contribution in [3.05, 3.63) is 53.6 Å². The number of aryl methyl sites for hydroxylation is 2. The van der Waals surface area contributed by atoms with Gasteiger partial charge in [0.05, 0.1) is 10.8 Å². The summed E-state index contributed by atoms with van der Waals surface area (Å²) in [7, 11) is -3.57. The number of esters is 1. The van der Waals surface area contributed by atoms with Crippen molar-refractivity contribution in [2.75, 3.05) is 24.5 Å². The molecule has 1 aliphatic heterocycles. The lowest BCUT2D eigenvalue weighted by Gasteiger charge is -2.20. The van der Waals surface area contributed by atoms with E-state index in [1.807, 2.05) is 26.0 Å². The molecule has 0 N–H and O–H groups in total. The van der Waals surface area contributed by atoms with Crippen LogP contribution in [0.15, 0.2) is 47.4 Å². The highest BCUT2D eigenvalue weighted by Gasteiger charge is 2.36. The van der Waals surface area contributed by atoms with Gasteiger partial charge in [0.15, 0.2) is 0 Å². The number of carbonyl (C=O) groups is 2. The van der Waals surface area contributed by atoms with E-state index in [-0.39, 0.29) is 23.8 Å². The van der Waals surface area contributed by atoms with Gasteiger partial charge in [-0.2, -0.15) is 4.31 Å². The van der Waals surface area contributed by atoms with Gasteiger partial charge in [0.25, 0.3) is 0 Å². The SMILES string of the molecule is CCN(CC)S(=O)(=O)c1ccc(N2CC(C(=O)Oc3ccc(C)cc3C)CC2=O)cc1. The van der Waals surface area contributed by atoms with Gasteiger partial charge in [-0.1, -0.05) is 31.5 Å². The van der Waals surface area contributed by atoms with Crippen molar-refractivity contribution in [3.8, 4) is 5.75 Å². The predicted molar refractivity (Wildman–Crippen MR) is 119 cm³/mol. The number of sulfonamides is 1. The van der Waals surface area contributed by atoms with Crippen molar-refractivity contribution in [2.24, 2.45) is 5.92 Å². The molecule has 1 aliphatic rings. The second kappa shape index (κ2) is 9.20. The lowest BCUT2D eigenvalue weighted by molar-refractivity contribution is -0.139.